The Kier molecular flexibility index (Phi) is 4.30. The molecule has 0 unspecified atom stereocenters. The molecular weight excluding hydrogens is 407 g/mol. The van der Waals surface area contributed by atoms with Crippen molar-refractivity contribution in [2.75, 3.05) is 5.32 Å². The molecule has 27 heavy (non-hydrogen) atoms. The molecule has 0 radical (unpaired) electrons. The number of rotatable bonds is 2. The van der Waals surface area contributed by atoms with Gasteiger partial charge in [0, 0.05) is 5.69 Å². The summed E-state index contributed by atoms with van der Waals surface area (Å²) < 4.78 is 149. The van der Waals surface area contributed by atoms with E-state index < -0.39 is 46.9 Å². The van der Waals surface area contributed by atoms with Crippen molar-refractivity contribution >= 4 is 11.6 Å². The van der Waals surface area contributed by atoms with Crippen molar-refractivity contribution in [2.45, 2.75) is 42.2 Å². The summed E-state index contributed by atoms with van der Waals surface area (Å²) in [5.74, 6) is -39.7. The SMILES string of the molecule is Cc1cccc(NC(=O)C2(F)C(F)(F)C(F)(F)C(F)(F)C(F)(F)C2(F)F)c1. The van der Waals surface area contributed by atoms with Gasteiger partial charge in [0.25, 0.3) is 5.91 Å². The molecule has 0 aromatic heterocycles. The van der Waals surface area contributed by atoms with E-state index >= 15 is 0 Å². The van der Waals surface area contributed by atoms with Gasteiger partial charge < -0.3 is 5.32 Å². The summed E-state index contributed by atoms with van der Waals surface area (Å²) in [4.78, 5) is 11.7. The molecule has 1 N–H and O–H groups in total. The minimum Gasteiger partial charge on any atom is -0.323 e. The van der Waals surface area contributed by atoms with E-state index in [2.05, 4.69) is 0 Å². The molecular formula is C14H8F11NO. The smallest absolute Gasteiger partial charge is 0.323 e. The summed E-state index contributed by atoms with van der Waals surface area (Å²) in [6.07, 6.45) is 0. The minimum absolute atomic E-state index is 0.241. The number of amides is 1. The molecule has 2 rings (SSSR count). The monoisotopic (exact) mass is 415 g/mol. The van der Waals surface area contributed by atoms with Crippen LogP contribution in [-0.4, -0.2) is 41.2 Å². The Labute approximate surface area is 143 Å². The summed E-state index contributed by atoms with van der Waals surface area (Å²) in [5, 5.41) is 1.02. The van der Waals surface area contributed by atoms with E-state index in [1.807, 2.05) is 0 Å². The van der Waals surface area contributed by atoms with Gasteiger partial charge in [-0.3, -0.25) is 4.79 Å². The zero-order valence-corrected chi connectivity index (χ0v) is 12.9. The maximum atomic E-state index is 14.4. The number of hydrogen-bond acceptors (Lipinski definition) is 1. The third-order valence-corrected chi connectivity index (χ3v) is 4.03. The van der Waals surface area contributed by atoms with Crippen LogP contribution in [0.25, 0.3) is 0 Å². The van der Waals surface area contributed by atoms with Crippen LogP contribution in [0.1, 0.15) is 5.56 Å². The van der Waals surface area contributed by atoms with Gasteiger partial charge in [0.2, 0.25) is 0 Å². The molecule has 0 atom stereocenters. The molecule has 0 bridgehead atoms. The van der Waals surface area contributed by atoms with Crippen LogP contribution in [0.15, 0.2) is 24.3 Å². The first-order valence-corrected chi connectivity index (χ1v) is 6.85. The third-order valence-electron chi connectivity index (χ3n) is 4.03. The van der Waals surface area contributed by atoms with Gasteiger partial charge in [0.05, 0.1) is 0 Å². The molecule has 1 aromatic rings. The standard InChI is InChI=1S/C14H8F11NO/c1-6-3-2-4-7(5-6)26-8(27)9(15)10(16,17)12(20,21)14(24,25)13(22,23)11(9,18)19/h2-5H,1H3,(H,26,27). The van der Waals surface area contributed by atoms with Gasteiger partial charge in [-0.15, -0.1) is 0 Å². The predicted octanol–water partition coefficient (Wildman–Crippen LogP) is 4.83. The first kappa shape index (κ1) is 21.2. The Morgan fingerprint density at radius 1 is 0.741 bits per heavy atom. The highest BCUT2D eigenvalue weighted by molar-refractivity contribution is 5.99. The summed E-state index contributed by atoms with van der Waals surface area (Å²) in [7, 11) is 0. The van der Waals surface area contributed by atoms with E-state index in [9.17, 15) is 53.1 Å². The number of carbonyl (C=O) groups is 1. The number of carbonyl (C=O) groups excluding carboxylic acids is 1. The molecule has 0 spiro atoms. The van der Waals surface area contributed by atoms with E-state index in [4.69, 9.17) is 0 Å². The number of nitrogens with one attached hydrogen (secondary N) is 1. The van der Waals surface area contributed by atoms with Crippen LogP contribution in [0.3, 0.4) is 0 Å². The van der Waals surface area contributed by atoms with Crippen molar-refractivity contribution in [2.24, 2.45) is 0 Å². The lowest BCUT2D eigenvalue weighted by molar-refractivity contribution is -0.475. The van der Waals surface area contributed by atoms with Crippen molar-refractivity contribution in [3.8, 4) is 0 Å². The minimum atomic E-state index is -7.35. The van der Waals surface area contributed by atoms with Crippen LogP contribution in [-0.2, 0) is 4.79 Å². The number of anilines is 1. The highest BCUT2D eigenvalue weighted by atomic mass is 19.4. The number of benzene rings is 1. The fourth-order valence-electron chi connectivity index (χ4n) is 2.45. The number of alkyl halides is 11. The maximum Gasteiger partial charge on any atom is 0.384 e. The quantitative estimate of drug-likeness (QED) is 0.689. The Balaban J connectivity index is 2.68. The number of halogens is 11. The van der Waals surface area contributed by atoms with Gasteiger partial charge >= 0.3 is 35.3 Å². The summed E-state index contributed by atoms with van der Waals surface area (Å²) in [6.45, 7) is 1.33. The topological polar surface area (TPSA) is 29.1 Å². The van der Waals surface area contributed by atoms with Gasteiger partial charge in [-0.25, -0.2) is 4.39 Å². The fourth-order valence-corrected chi connectivity index (χ4v) is 2.45. The molecule has 13 heteroatoms. The molecule has 0 heterocycles. The molecule has 152 valence electrons. The molecule has 2 nitrogen and oxygen atoms in total. The average molecular weight is 415 g/mol. The van der Waals surface area contributed by atoms with Crippen LogP contribution < -0.4 is 5.32 Å². The van der Waals surface area contributed by atoms with E-state index in [1.165, 1.54) is 13.0 Å². The Morgan fingerprint density at radius 3 is 1.56 bits per heavy atom. The Hall–Kier alpha value is -2.08. The lowest BCUT2D eigenvalue weighted by Gasteiger charge is -2.51. The molecule has 1 aromatic carbocycles. The summed E-state index contributed by atoms with van der Waals surface area (Å²) in [5.41, 5.74) is -7.16. The molecule has 1 aliphatic carbocycles. The second-order valence-corrected chi connectivity index (χ2v) is 5.85. The second-order valence-electron chi connectivity index (χ2n) is 5.85. The molecule has 1 amide bonds. The second kappa shape index (κ2) is 5.47. The summed E-state index contributed by atoms with van der Waals surface area (Å²) >= 11 is 0. The van der Waals surface area contributed by atoms with Crippen LogP contribution >= 0.6 is 0 Å². The molecule has 1 aliphatic rings. The molecule has 0 saturated heterocycles. The van der Waals surface area contributed by atoms with E-state index in [0.29, 0.717) is 0 Å². The molecule has 0 aliphatic heterocycles. The fraction of sp³-hybridized carbons (Fsp3) is 0.500. The van der Waals surface area contributed by atoms with Gasteiger partial charge in [0.1, 0.15) is 0 Å². The average Bonchev–Trinajstić information content (AvgIpc) is 2.51. The number of aryl methyl sites for hydroxylation is 1. The van der Waals surface area contributed by atoms with Crippen LogP contribution in [0, 0.1) is 6.92 Å². The highest BCUT2D eigenvalue weighted by Gasteiger charge is 3.02. The zero-order chi connectivity index (χ0) is 21.3. The first-order valence-electron chi connectivity index (χ1n) is 6.85. The maximum absolute atomic E-state index is 14.4. The Morgan fingerprint density at radius 2 is 1.15 bits per heavy atom. The van der Waals surface area contributed by atoms with E-state index in [1.54, 1.807) is 0 Å². The van der Waals surface area contributed by atoms with Crippen LogP contribution in [0.5, 0.6) is 0 Å². The van der Waals surface area contributed by atoms with Crippen LogP contribution in [0.4, 0.5) is 54.0 Å². The largest absolute Gasteiger partial charge is 0.384 e. The molecule has 1 fully saturated rings. The van der Waals surface area contributed by atoms with E-state index in [-0.39, 0.29) is 5.56 Å². The van der Waals surface area contributed by atoms with Gasteiger partial charge in [-0.2, -0.15) is 43.9 Å². The first-order chi connectivity index (χ1) is 11.9. The predicted molar refractivity (Wildman–Crippen MR) is 68.4 cm³/mol. The number of hydrogen-bond donors (Lipinski definition) is 1. The van der Waals surface area contributed by atoms with Crippen molar-refractivity contribution < 1.29 is 53.1 Å². The van der Waals surface area contributed by atoms with Gasteiger partial charge in [-0.1, -0.05) is 12.1 Å². The van der Waals surface area contributed by atoms with Crippen molar-refractivity contribution in [1.82, 2.24) is 0 Å². The third kappa shape index (κ3) is 2.22. The van der Waals surface area contributed by atoms with Crippen molar-refractivity contribution in [3.05, 3.63) is 29.8 Å². The van der Waals surface area contributed by atoms with Crippen molar-refractivity contribution in [1.29, 1.82) is 0 Å². The highest BCUT2D eigenvalue weighted by Crippen LogP contribution is 2.69. The zero-order valence-electron chi connectivity index (χ0n) is 12.9. The summed E-state index contributed by atoms with van der Waals surface area (Å²) in [6, 6.07) is 4.08. The Bertz CT molecular complexity index is 744. The van der Waals surface area contributed by atoms with Crippen molar-refractivity contribution in [3.63, 3.8) is 0 Å². The van der Waals surface area contributed by atoms with Crippen LogP contribution in [0.2, 0.25) is 0 Å². The lowest BCUT2D eigenvalue weighted by atomic mass is 9.71. The van der Waals surface area contributed by atoms with E-state index in [0.717, 1.165) is 23.5 Å². The van der Waals surface area contributed by atoms with Gasteiger partial charge in [-0.05, 0) is 24.6 Å². The molecule has 1 saturated carbocycles. The van der Waals surface area contributed by atoms with Gasteiger partial charge in [0.15, 0.2) is 0 Å². The lowest BCUT2D eigenvalue weighted by Crippen LogP contribution is -2.86. The normalized spacial score (nSPS) is 26.2.